The summed E-state index contributed by atoms with van der Waals surface area (Å²) in [6, 6.07) is 23.5. The number of anilines is 1. The largest absolute Gasteiger partial charge is 0.383 e. The maximum absolute atomic E-state index is 12.8. The quantitative estimate of drug-likeness (QED) is 0.282. The second-order valence-corrected chi connectivity index (χ2v) is 9.99. The first-order chi connectivity index (χ1) is 18.5. The molecule has 2 aromatic carbocycles. The fraction of sp³-hybridized carbons (Fsp3) is 0.167. The van der Waals surface area contributed by atoms with Crippen molar-refractivity contribution in [3.8, 4) is 33.6 Å². The molecule has 0 bridgehead atoms. The number of halogens is 1. The molecule has 6 rings (SSSR count). The molecule has 8 heteroatoms. The van der Waals surface area contributed by atoms with Gasteiger partial charge in [-0.15, -0.1) is 0 Å². The fourth-order valence-corrected chi connectivity index (χ4v) is 5.20. The Kier molecular flexibility index (Phi) is 6.43. The van der Waals surface area contributed by atoms with Crippen LogP contribution in [0.1, 0.15) is 29.2 Å². The zero-order valence-electron chi connectivity index (χ0n) is 20.7. The van der Waals surface area contributed by atoms with E-state index in [9.17, 15) is 4.79 Å². The van der Waals surface area contributed by atoms with Gasteiger partial charge in [0.25, 0.3) is 5.91 Å². The van der Waals surface area contributed by atoms with Gasteiger partial charge in [-0.1, -0.05) is 41.9 Å². The number of carbonyl (C=O) groups excluding carboxylic acids is 1. The molecule has 1 fully saturated rings. The summed E-state index contributed by atoms with van der Waals surface area (Å²) >= 11 is 6.17. The standard InChI is InChI=1S/C30H27ClN6O/c31-24-8-4-7-21(15-24)27-9-10-28(35-27)26-16-22(17-33-29(26)32)23-18-34-37(19-23)25-11-13-36(14-12-25)30(38)20-5-2-1-3-6-20/h1-10,15-19,25,35H,11-14H2,(H2,32,33). The summed E-state index contributed by atoms with van der Waals surface area (Å²) in [6.45, 7) is 1.42. The number of amides is 1. The number of nitrogens with two attached hydrogens (primary N) is 1. The number of likely N-dealkylation sites (tertiary alicyclic amines) is 1. The number of H-pyrrole nitrogens is 1. The highest BCUT2D eigenvalue weighted by Crippen LogP contribution is 2.32. The molecular weight excluding hydrogens is 496 g/mol. The summed E-state index contributed by atoms with van der Waals surface area (Å²) in [7, 11) is 0. The molecule has 1 amide bonds. The first-order valence-corrected chi connectivity index (χ1v) is 13.0. The summed E-state index contributed by atoms with van der Waals surface area (Å²) in [5.74, 6) is 0.546. The Morgan fingerprint density at radius 1 is 0.895 bits per heavy atom. The number of benzene rings is 2. The van der Waals surface area contributed by atoms with E-state index in [0.717, 1.165) is 52.0 Å². The van der Waals surface area contributed by atoms with Gasteiger partial charge in [-0.3, -0.25) is 9.48 Å². The Hall–Kier alpha value is -4.36. The van der Waals surface area contributed by atoms with E-state index in [1.54, 1.807) is 6.20 Å². The van der Waals surface area contributed by atoms with Crippen LogP contribution in [-0.2, 0) is 0 Å². The van der Waals surface area contributed by atoms with E-state index in [4.69, 9.17) is 17.3 Å². The van der Waals surface area contributed by atoms with Crippen molar-refractivity contribution in [1.82, 2.24) is 24.6 Å². The van der Waals surface area contributed by atoms with Gasteiger partial charge in [-0.2, -0.15) is 5.10 Å². The van der Waals surface area contributed by atoms with Crippen LogP contribution in [0, 0.1) is 0 Å². The van der Waals surface area contributed by atoms with E-state index in [0.29, 0.717) is 23.9 Å². The van der Waals surface area contributed by atoms with Crippen molar-refractivity contribution in [2.24, 2.45) is 0 Å². The van der Waals surface area contributed by atoms with Crippen LogP contribution >= 0.6 is 11.6 Å². The molecule has 3 aromatic heterocycles. The molecule has 38 heavy (non-hydrogen) atoms. The number of carbonyl (C=O) groups is 1. The van der Waals surface area contributed by atoms with E-state index >= 15 is 0 Å². The van der Waals surface area contributed by atoms with Crippen LogP contribution in [0.15, 0.2) is 91.4 Å². The van der Waals surface area contributed by atoms with Gasteiger partial charge in [-0.25, -0.2) is 4.98 Å². The molecule has 4 heterocycles. The van der Waals surface area contributed by atoms with Crippen molar-refractivity contribution in [1.29, 1.82) is 0 Å². The van der Waals surface area contributed by atoms with Crippen LogP contribution in [0.5, 0.6) is 0 Å². The average molecular weight is 523 g/mol. The number of aromatic amines is 1. The SMILES string of the molecule is Nc1ncc(-c2cnn(C3CCN(C(=O)c4ccccc4)CC3)c2)cc1-c1ccc(-c2cccc(Cl)c2)[nH]1. The van der Waals surface area contributed by atoms with Crippen LogP contribution in [0.2, 0.25) is 5.02 Å². The Bertz CT molecular complexity index is 1580. The van der Waals surface area contributed by atoms with Crippen LogP contribution in [0.25, 0.3) is 33.6 Å². The monoisotopic (exact) mass is 522 g/mol. The van der Waals surface area contributed by atoms with E-state index in [1.807, 2.05) is 88.6 Å². The zero-order valence-corrected chi connectivity index (χ0v) is 21.5. The first kappa shape index (κ1) is 24.0. The molecule has 190 valence electrons. The number of nitrogen functional groups attached to an aromatic ring is 1. The predicted octanol–water partition coefficient (Wildman–Crippen LogP) is 6.32. The van der Waals surface area contributed by atoms with Crippen molar-refractivity contribution in [2.45, 2.75) is 18.9 Å². The zero-order chi connectivity index (χ0) is 26.1. The molecule has 0 atom stereocenters. The van der Waals surface area contributed by atoms with Gasteiger partial charge in [0, 0.05) is 64.1 Å². The van der Waals surface area contributed by atoms with Gasteiger partial charge in [0.15, 0.2) is 0 Å². The summed E-state index contributed by atoms with van der Waals surface area (Å²) in [4.78, 5) is 22.6. The number of rotatable bonds is 5. The molecule has 7 nitrogen and oxygen atoms in total. The normalized spacial score (nSPS) is 14.1. The third kappa shape index (κ3) is 4.80. The van der Waals surface area contributed by atoms with Gasteiger partial charge >= 0.3 is 0 Å². The highest BCUT2D eigenvalue weighted by molar-refractivity contribution is 6.30. The lowest BCUT2D eigenvalue weighted by molar-refractivity contribution is 0.0690. The second kappa shape index (κ2) is 10.2. The number of hydrogen-bond acceptors (Lipinski definition) is 4. The van der Waals surface area contributed by atoms with Crippen LogP contribution in [0.3, 0.4) is 0 Å². The maximum Gasteiger partial charge on any atom is 0.253 e. The summed E-state index contributed by atoms with van der Waals surface area (Å²) in [6.07, 6.45) is 7.43. The molecule has 1 aliphatic rings. The van der Waals surface area contributed by atoms with Crippen LogP contribution in [-0.4, -0.2) is 43.6 Å². The van der Waals surface area contributed by atoms with Gasteiger partial charge in [0.1, 0.15) is 5.82 Å². The number of nitrogens with zero attached hydrogens (tertiary/aromatic N) is 4. The van der Waals surface area contributed by atoms with Gasteiger partial charge in [0.05, 0.1) is 12.2 Å². The van der Waals surface area contributed by atoms with Crippen molar-refractivity contribution < 1.29 is 4.79 Å². The molecule has 5 aromatic rings. The summed E-state index contributed by atoms with van der Waals surface area (Å²) in [5.41, 5.74) is 12.6. The first-order valence-electron chi connectivity index (χ1n) is 12.6. The average Bonchev–Trinajstić information content (AvgIpc) is 3.65. The molecule has 1 aliphatic heterocycles. The highest BCUT2D eigenvalue weighted by Gasteiger charge is 2.25. The lowest BCUT2D eigenvalue weighted by Gasteiger charge is -2.32. The van der Waals surface area contributed by atoms with E-state index in [2.05, 4.69) is 21.3 Å². The number of hydrogen-bond donors (Lipinski definition) is 2. The number of piperidine rings is 1. The lowest BCUT2D eigenvalue weighted by Crippen LogP contribution is -2.39. The predicted molar refractivity (Wildman–Crippen MR) is 151 cm³/mol. The van der Waals surface area contributed by atoms with Crippen LogP contribution < -0.4 is 5.73 Å². The van der Waals surface area contributed by atoms with E-state index in [-0.39, 0.29) is 11.9 Å². The summed E-state index contributed by atoms with van der Waals surface area (Å²) < 4.78 is 2.02. The second-order valence-electron chi connectivity index (χ2n) is 9.55. The minimum atomic E-state index is 0.0912. The fourth-order valence-electron chi connectivity index (χ4n) is 5.01. The van der Waals surface area contributed by atoms with Crippen molar-refractivity contribution in [2.75, 3.05) is 18.8 Å². The molecule has 3 N–H and O–H groups in total. The van der Waals surface area contributed by atoms with E-state index in [1.165, 1.54) is 0 Å². The minimum absolute atomic E-state index is 0.0912. The van der Waals surface area contributed by atoms with Gasteiger partial charge < -0.3 is 15.6 Å². The number of aromatic nitrogens is 4. The molecule has 0 aliphatic carbocycles. The number of pyridine rings is 1. The summed E-state index contributed by atoms with van der Waals surface area (Å²) in [5, 5.41) is 5.34. The van der Waals surface area contributed by atoms with Crippen molar-refractivity contribution in [3.63, 3.8) is 0 Å². The molecular formula is C30H27ClN6O. The number of nitrogens with one attached hydrogen (secondary N) is 1. The maximum atomic E-state index is 12.8. The molecule has 0 radical (unpaired) electrons. The molecule has 1 saturated heterocycles. The van der Waals surface area contributed by atoms with Crippen LogP contribution in [0.4, 0.5) is 5.82 Å². The van der Waals surface area contributed by atoms with Crippen molar-refractivity contribution >= 4 is 23.3 Å². The highest BCUT2D eigenvalue weighted by atomic mass is 35.5. The molecule has 0 spiro atoms. The molecule has 0 unspecified atom stereocenters. The third-order valence-electron chi connectivity index (χ3n) is 7.11. The topological polar surface area (TPSA) is 92.8 Å². The Morgan fingerprint density at radius 3 is 2.47 bits per heavy atom. The Morgan fingerprint density at radius 2 is 1.68 bits per heavy atom. The van der Waals surface area contributed by atoms with Gasteiger partial charge in [0.2, 0.25) is 0 Å². The lowest BCUT2D eigenvalue weighted by atomic mass is 10.0. The van der Waals surface area contributed by atoms with E-state index < -0.39 is 0 Å². The van der Waals surface area contributed by atoms with Gasteiger partial charge in [-0.05, 0) is 60.9 Å². The Labute approximate surface area is 225 Å². The Balaban J connectivity index is 1.17. The smallest absolute Gasteiger partial charge is 0.253 e. The van der Waals surface area contributed by atoms with Crippen molar-refractivity contribution in [3.05, 3.63) is 102 Å². The minimum Gasteiger partial charge on any atom is -0.383 e. The third-order valence-corrected chi connectivity index (χ3v) is 7.35. The molecule has 0 saturated carbocycles.